The summed E-state index contributed by atoms with van der Waals surface area (Å²) >= 11 is 3.54. The highest BCUT2D eigenvalue weighted by atomic mass is 79.9. The van der Waals surface area contributed by atoms with Crippen LogP contribution in [0.3, 0.4) is 0 Å². The zero-order valence-corrected chi connectivity index (χ0v) is 15.4. The van der Waals surface area contributed by atoms with Crippen LogP contribution in [0.2, 0.25) is 0 Å². The average molecular weight is 358 g/mol. The van der Waals surface area contributed by atoms with Gasteiger partial charge in [-0.05, 0) is 67.2 Å². The predicted octanol–water partition coefficient (Wildman–Crippen LogP) is 4.27. The number of nitrogens with one attached hydrogen (secondary N) is 1. The van der Waals surface area contributed by atoms with Gasteiger partial charge >= 0.3 is 0 Å². The molecule has 1 aromatic carbocycles. The molecule has 0 aliphatic rings. The van der Waals surface area contributed by atoms with E-state index in [1.165, 1.54) is 5.56 Å². The van der Waals surface area contributed by atoms with E-state index in [4.69, 9.17) is 4.74 Å². The van der Waals surface area contributed by atoms with Gasteiger partial charge in [0.05, 0.1) is 10.1 Å². The Hall–Kier alpha value is -0.580. The number of hydrogen-bond donors (Lipinski definition) is 2. The topological polar surface area (TPSA) is 41.5 Å². The van der Waals surface area contributed by atoms with Gasteiger partial charge in [0.25, 0.3) is 0 Å². The highest BCUT2D eigenvalue weighted by molar-refractivity contribution is 9.10. The van der Waals surface area contributed by atoms with Gasteiger partial charge < -0.3 is 15.2 Å². The van der Waals surface area contributed by atoms with Gasteiger partial charge in [0, 0.05) is 12.1 Å². The number of halogens is 1. The quantitative estimate of drug-likeness (QED) is 0.765. The van der Waals surface area contributed by atoms with Crippen molar-refractivity contribution in [1.82, 2.24) is 5.32 Å². The SMILES string of the molecule is CCC(O)(CC)COc1ccc(CNC(C)(C)C)cc1Br. The van der Waals surface area contributed by atoms with Crippen LogP contribution in [0.25, 0.3) is 0 Å². The lowest BCUT2D eigenvalue weighted by atomic mass is 9.99. The average Bonchev–Trinajstić information content (AvgIpc) is 2.43. The van der Waals surface area contributed by atoms with Crippen LogP contribution in [0.5, 0.6) is 5.75 Å². The summed E-state index contributed by atoms with van der Waals surface area (Å²) < 4.78 is 6.69. The maximum absolute atomic E-state index is 10.3. The number of aliphatic hydroxyl groups is 1. The Kier molecular flexibility index (Phi) is 6.70. The van der Waals surface area contributed by atoms with Crippen LogP contribution < -0.4 is 10.1 Å². The lowest BCUT2D eigenvalue weighted by molar-refractivity contribution is -0.0115. The summed E-state index contributed by atoms with van der Waals surface area (Å²) in [6, 6.07) is 6.07. The zero-order chi connectivity index (χ0) is 16.1. The molecule has 0 aliphatic heterocycles. The molecule has 2 N–H and O–H groups in total. The Morgan fingerprint density at radius 3 is 2.29 bits per heavy atom. The van der Waals surface area contributed by atoms with E-state index in [1.54, 1.807) is 0 Å². The van der Waals surface area contributed by atoms with Gasteiger partial charge in [-0.1, -0.05) is 19.9 Å². The monoisotopic (exact) mass is 357 g/mol. The minimum Gasteiger partial charge on any atom is -0.489 e. The molecule has 4 heteroatoms. The van der Waals surface area contributed by atoms with Crippen molar-refractivity contribution in [2.45, 2.75) is 65.1 Å². The molecule has 0 aliphatic carbocycles. The third-order valence-electron chi connectivity index (χ3n) is 3.63. The Bertz CT molecular complexity index is 451. The van der Waals surface area contributed by atoms with Gasteiger partial charge in [-0.15, -0.1) is 0 Å². The van der Waals surface area contributed by atoms with E-state index in [9.17, 15) is 5.11 Å². The fourth-order valence-corrected chi connectivity index (χ4v) is 2.35. The standard InChI is InChI=1S/C17H28BrNO2/c1-6-17(20,7-2)12-21-15-9-8-13(10-14(15)18)11-19-16(3,4)5/h8-10,19-20H,6-7,11-12H2,1-5H3. The van der Waals surface area contributed by atoms with Crippen LogP contribution in [0.4, 0.5) is 0 Å². The van der Waals surface area contributed by atoms with Crippen LogP contribution in [0.15, 0.2) is 22.7 Å². The van der Waals surface area contributed by atoms with E-state index in [1.807, 2.05) is 19.9 Å². The van der Waals surface area contributed by atoms with Crippen molar-refractivity contribution in [3.63, 3.8) is 0 Å². The van der Waals surface area contributed by atoms with Crippen molar-refractivity contribution >= 4 is 15.9 Å². The van der Waals surface area contributed by atoms with Crippen LogP contribution in [0.1, 0.15) is 53.0 Å². The second-order valence-electron chi connectivity index (χ2n) is 6.59. The lowest BCUT2D eigenvalue weighted by Gasteiger charge is -2.25. The minimum atomic E-state index is -0.744. The summed E-state index contributed by atoms with van der Waals surface area (Å²) in [6.45, 7) is 11.5. The van der Waals surface area contributed by atoms with Crippen LogP contribution in [-0.2, 0) is 6.54 Å². The van der Waals surface area contributed by atoms with Crippen LogP contribution in [0, 0.1) is 0 Å². The van der Waals surface area contributed by atoms with E-state index in [2.05, 4.69) is 54.2 Å². The second kappa shape index (κ2) is 7.61. The summed E-state index contributed by atoms with van der Waals surface area (Å²) in [6.07, 6.45) is 1.38. The summed E-state index contributed by atoms with van der Waals surface area (Å²) in [4.78, 5) is 0. The maximum Gasteiger partial charge on any atom is 0.133 e. The van der Waals surface area contributed by atoms with Crippen LogP contribution in [-0.4, -0.2) is 22.9 Å². The first-order valence-electron chi connectivity index (χ1n) is 7.58. The number of hydrogen-bond acceptors (Lipinski definition) is 3. The third-order valence-corrected chi connectivity index (χ3v) is 4.25. The fourth-order valence-electron chi connectivity index (χ4n) is 1.80. The first-order chi connectivity index (χ1) is 9.69. The van der Waals surface area contributed by atoms with Crippen molar-refractivity contribution < 1.29 is 9.84 Å². The van der Waals surface area contributed by atoms with Crippen molar-refractivity contribution in [1.29, 1.82) is 0 Å². The van der Waals surface area contributed by atoms with Gasteiger partial charge in [0.15, 0.2) is 0 Å². The molecule has 1 aromatic rings. The largest absolute Gasteiger partial charge is 0.489 e. The lowest BCUT2D eigenvalue weighted by Crippen LogP contribution is -2.35. The zero-order valence-electron chi connectivity index (χ0n) is 13.8. The number of ether oxygens (including phenoxy) is 1. The third kappa shape index (κ3) is 6.37. The first-order valence-corrected chi connectivity index (χ1v) is 8.37. The molecule has 120 valence electrons. The minimum absolute atomic E-state index is 0.0976. The molecule has 0 atom stereocenters. The molecule has 0 saturated carbocycles. The van der Waals surface area contributed by atoms with E-state index < -0.39 is 5.60 Å². The van der Waals surface area contributed by atoms with Gasteiger partial charge in [0.2, 0.25) is 0 Å². The van der Waals surface area contributed by atoms with Crippen LogP contribution >= 0.6 is 15.9 Å². The summed E-state index contributed by atoms with van der Waals surface area (Å²) in [5.41, 5.74) is 0.553. The summed E-state index contributed by atoms with van der Waals surface area (Å²) in [5, 5.41) is 13.7. The van der Waals surface area contributed by atoms with E-state index in [0.717, 1.165) is 16.8 Å². The molecule has 0 radical (unpaired) electrons. The molecular formula is C17H28BrNO2. The molecule has 0 bridgehead atoms. The van der Waals surface area contributed by atoms with E-state index in [-0.39, 0.29) is 5.54 Å². The fraction of sp³-hybridized carbons (Fsp3) is 0.647. The normalized spacial score (nSPS) is 12.5. The van der Waals surface area contributed by atoms with Gasteiger partial charge in [-0.3, -0.25) is 0 Å². The maximum atomic E-state index is 10.3. The second-order valence-corrected chi connectivity index (χ2v) is 7.44. The Labute approximate surface area is 137 Å². The highest BCUT2D eigenvalue weighted by Crippen LogP contribution is 2.28. The van der Waals surface area contributed by atoms with Gasteiger partial charge in [0.1, 0.15) is 12.4 Å². The molecule has 0 spiro atoms. The molecule has 0 fully saturated rings. The molecule has 1 rings (SSSR count). The first kappa shape index (κ1) is 18.5. The summed E-state index contributed by atoms with van der Waals surface area (Å²) in [5.74, 6) is 0.773. The molecule has 0 unspecified atom stereocenters. The molecular weight excluding hydrogens is 330 g/mol. The van der Waals surface area contributed by atoms with Gasteiger partial charge in [-0.25, -0.2) is 0 Å². The molecule has 0 aromatic heterocycles. The summed E-state index contributed by atoms with van der Waals surface area (Å²) in [7, 11) is 0. The van der Waals surface area contributed by atoms with E-state index >= 15 is 0 Å². The van der Waals surface area contributed by atoms with Gasteiger partial charge in [-0.2, -0.15) is 0 Å². The Morgan fingerprint density at radius 2 is 1.81 bits per heavy atom. The Balaban J connectivity index is 2.66. The number of rotatable bonds is 7. The molecule has 0 amide bonds. The molecule has 3 nitrogen and oxygen atoms in total. The molecule has 21 heavy (non-hydrogen) atoms. The Morgan fingerprint density at radius 1 is 1.19 bits per heavy atom. The van der Waals surface area contributed by atoms with Crippen molar-refractivity contribution in [2.24, 2.45) is 0 Å². The van der Waals surface area contributed by atoms with Crippen molar-refractivity contribution in [2.75, 3.05) is 6.61 Å². The highest BCUT2D eigenvalue weighted by Gasteiger charge is 2.23. The van der Waals surface area contributed by atoms with Crippen molar-refractivity contribution in [3.05, 3.63) is 28.2 Å². The predicted molar refractivity (Wildman–Crippen MR) is 91.8 cm³/mol. The number of benzene rings is 1. The smallest absolute Gasteiger partial charge is 0.133 e. The molecule has 0 saturated heterocycles. The van der Waals surface area contributed by atoms with Crippen molar-refractivity contribution in [3.8, 4) is 5.75 Å². The molecule has 0 heterocycles. The van der Waals surface area contributed by atoms with E-state index in [0.29, 0.717) is 19.4 Å².